The Morgan fingerprint density at radius 3 is 2.25 bits per heavy atom. The van der Waals surface area contributed by atoms with Crippen LogP contribution < -0.4 is 14.8 Å². The normalized spacial score (nSPS) is 10.9. The van der Waals surface area contributed by atoms with E-state index >= 15 is 0 Å². The number of methoxy groups -OCH3 is 1. The van der Waals surface area contributed by atoms with Gasteiger partial charge in [-0.2, -0.15) is 5.26 Å². The summed E-state index contributed by atoms with van der Waals surface area (Å²) in [7, 11) is 1.58. The van der Waals surface area contributed by atoms with Crippen LogP contribution in [-0.2, 0) is 11.4 Å². The Kier molecular flexibility index (Phi) is 8.53. The van der Waals surface area contributed by atoms with Gasteiger partial charge < -0.3 is 14.8 Å². The van der Waals surface area contributed by atoms with E-state index in [1.807, 2.05) is 30.3 Å². The molecule has 1 N–H and O–H groups in total. The van der Waals surface area contributed by atoms with E-state index in [2.05, 4.69) is 69.6 Å². The molecule has 32 heavy (non-hydrogen) atoms. The summed E-state index contributed by atoms with van der Waals surface area (Å²) in [6.07, 6.45) is 1.58. The predicted molar refractivity (Wildman–Crippen MR) is 143 cm³/mol. The molecule has 0 aliphatic carbocycles. The molecule has 3 aromatic carbocycles. The van der Waals surface area contributed by atoms with Gasteiger partial charge >= 0.3 is 0 Å². The first-order chi connectivity index (χ1) is 15.4. The van der Waals surface area contributed by atoms with Crippen LogP contribution in [0, 0.1) is 25.4 Å². The van der Waals surface area contributed by atoms with Gasteiger partial charge in [0.2, 0.25) is 0 Å². The molecule has 3 aromatic rings. The zero-order chi connectivity index (χ0) is 23.1. The lowest BCUT2D eigenvalue weighted by molar-refractivity contribution is -0.112. The summed E-state index contributed by atoms with van der Waals surface area (Å²) in [5.74, 6) is 1.00. The predicted octanol–water partition coefficient (Wildman–Crippen LogP) is 6.34. The number of nitrogens with one attached hydrogen (secondary N) is 1. The van der Waals surface area contributed by atoms with Gasteiger partial charge in [-0.25, -0.2) is 0 Å². The summed E-state index contributed by atoms with van der Waals surface area (Å²) >= 11 is 4.41. The van der Waals surface area contributed by atoms with Crippen molar-refractivity contribution in [2.45, 2.75) is 13.5 Å². The van der Waals surface area contributed by atoms with Gasteiger partial charge in [-0.15, -0.1) is 0 Å². The smallest absolute Gasteiger partial charge is 0.266 e. The van der Waals surface area contributed by atoms with Gasteiger partial charge in [-0.05, 0) is 106 Å². The van der Waals surface area contributed by atoms with Crippen LogP contribution in [0.25, 0.3) is 6.08 Å². The van der Waals surface area contributed by atoms with E-state index in [0.29, 0.717) is 18.0 Å². The highest BCUT2D eigenvalue weighted by atomic mass is 127. The highest BCUT2D eigenvalue weighted by Crippen LogP contribution is 2.30. The van der Waals surface area contributed by atoms with Gasteiger partial charge in [0.05, 0.1) is 14.3 Å². The molecular weight excluding hydrogens is 630 g/mol. The Bertz CT molecular complexity index is 1160. The number of carbonyl (C=O) groups is 1. The molecule has 0 spiro atoms. The molecule has 5 nitrogen and oxygen atoms in total. The van der Waals surface area contributed by atoms with Crippen LogP contribution in [0.3, 0.4) is 0 Å². The molecule has 0 aromatic heterocycles. The average molecular weight is 650 g/mol. The molecule has 0 fully saturated rings. The molecule has 7 heteroatoms. The number of benzene rings is 3. The molecule has 0 aliphatic heterocycles. The molecule has 162 valence electrons. The summed E-state index contributed by atoms with van der Waals surface area (Å²) in [6.45, 7) is 2.52. The zero-order valence-electron chi connectivity index (χ0n) is 17.5. The van der Waals surface area contributed by atoms with Crippen molar-refractivity contribution in [1.82, 2.24) is 0 Å². The second-order valence-electron chi connectivity index (χ2n) is 6.94. The van der Waals surface area contributed by atoms with Crippen molar-refractivity contribution in [3.8, 4) is 17.6 Å². The molecule has 0 unspecified atom stereocenters. The van der Waals surface area contributed by atoms with Crippen molar-refractivity contribution >= 4 is 62.9 Å². The van der Waals surface area contributed by atoms with E-state index in [0.717, 1.165) is 24.0 Å². The van der Waals surface area contributed by atoms with Crippen LogP contribution in [0.1, 0.15) is 16.7 Å². The van der Waals surface area contributed by atoms with Crippen molar-refractivity contribution in [2.75, 3.05) is 12.4 Å². The van der Waals surface area contributed by atoms with Crippen molar-refractivity contribution in [3.63, 3.8) is 0 Å². The SMILES string of the molecule is COc1ccc(NC(=O)/C(C#N)=C\c2cc(I)c(OCc3ccc(C)cc3)c(I)c2)cc1. The van der Waals surface area contributed by atoms with E-state index in [1.165, 1.54) is 5.56 Å². The minimum absolute atomic E-state index is 0.0146. The van der Waals surface area contributed by atoms with Crippen molar-refractivity contribution in [2.24, 2.45) is 0 Å². The number of anilines is 1. The molecule has 0 aliphatic rings. The quantitative estimate of drug-likeness (QED) is 0.184. The standard InChI is InChI=1S/C25H20I2N2O3/c1-16-3-5-17(6-4-16)15-32-24-22(26)12-18(13-23(24)27)11-19(14-28)25(30)29-20-7-9-21(31-2)10-8-20/h3-13H,15H2,1-2H3,(H,29,30)/b19-11-. The molecule has 0 saturated carbocycles. The van der Waals surface area contributed by atoms with E-state index < -0.39 is 5.91 Å². The lowest BCUT2D eigenvalue weighted by atomic mass is 10.1. The van der Waals surface area contributed by atoms with Gasteiger partial charge in [0.25, 0.3) is 5.91 Å². The second kappa shape index (κ2) is 11.3. The van der Waals surface area contributed by atoms with Crippen LogP contribution in [-0.4, -0.2) is 13.0 Å². The first-order valence-corrected chi connectivity index (χ1v) is 11.8. The fourth-order valence-corrected chi connectivity index (χ4v) is 4.96. The molecular formula is C25H20I2N2O3. The highest BCUT2D eigenvalue weighted by molar-refractivity contribution is 14.1. The van der Waals surface area contributed by atoms with Gasteiger partial charge in [0.15, 0.2) is 0 Å². The summed E-state index contributed by atoms with van der Waals surface area (Å²) in [6, 6.07) is 20.9. The number of hydrogen-bond acceptors (Lipinski definition) is 4. The Morgan fingerprint density at radius 1 is 1.06 bits per heavy atom. The molecule has 0 saturated heterocycles. The molecule has 1 amide bonds. The van der Waals surface area contributed by atoms with Gasteiger partial charge in [-0.1, -0.05) is 29.8 Å². The van der Waals surface area contributed by atoms with Crippen LogP contribution in [0.5, 0.6) is 11.5 Å². The fraction of sp³-hybridized carbons (Fsp3) is 0.120. The lowest BCUT2D eigenvalue weighted by Crippen LogP contribution is -2.13. The van der Waals surface area contributed by atoms with Crippen molar-refractivity contribution < 1.29 is 14.3 Å². The number of halogens is 2. The van der Waals surface area contributed by atoms with Crippen molar-refractivity contribution in [3.05, 3.63) is 90.1 Å². The average Bonchev–Trinajstić information content (AvgIpc) is 2.78. The minimum Gasteiger partial charge on any atom is -0.497 e. The number of carbonyl (C=O) groups excluding carboxylic acids is 1. The largest absolute Gasteiger partial charge is 0.497 e. The Hall–Kier alpha value is -2.58. The lowest BCUT2D eigenvalue weighted by Gasteiger charge is -2.12. The van der Waals surface area contributed by atoms with E-state index in [1.54, 1.807) is 37.5 Å². The third kappa shape index (κ3) is 6.46. The van der Waals surface area contributed by atoms with Crippen LogP contribution in [0.4, 0.5) is 5.69 Å². The van der Waals surface area contributed by atoms with E-state index in [9.17, 15) is 10.1 Å². The first kappa shape index (κ1) is 24.1. The summed E-state index contributed by atoms with van der Waals surface area (Å²) in [5, 5.41) is 12.2. The summed E-state index contributed by atoms with van der Waals surface area (Å²) < 4.78 is 13.0. The van der Waals surface area contributed by atoms with Crippen molar-refractivity contribution in [1.29, 1.82) is 5.26 Å². The Morgan fingerprint density at radius 2 is 1.69 bits per heavy atom. The van der Waals surface area contributed by atoms with Crippen LogP contribution in [0.2, 0.25) is 0 Å². The number of hydrogen-bond donors (Lipinski definition) is 1. The molecule has 3 rings (SSSR count). The molecule has 0 bridgehead atoms. The number of amides is 1. The number of ether oxygens (including phenoxy) is 2. The third-order valence-corrected chi connectivity index (χ3v) is 6.15. The maximum Gasteiger partial charge on any atom is 0.266 e. The van der Waals surface area contributed by atoms with Gasteiger partial charge in [0, 0.05) is 5.69 Å². The monoisotopic (exact) mass is 650 g/mol. The van der Waals surface area contributed by atoms with E-state index in [4.69, 9.17) is 9.47 Å². The first-order valence-electron chi connectivity index (χ1n) is 9.64. The number of rotatable bonds is 7. The zero-order valence-corrected chi connectivity index (χ0v) is 21.8. The second-order valence-corrected chi connectivity index (χ2v) is 9.26. The minimum atomic E-state index is -0.470. The fourth-order valence-electron chi connectivity index (χ4n) is 2.83. The topological polar surface area (TPSA) is 71.3 Å². The van der Waals surface area contributed by atoms with Crippen LogP contribution in [0.15, 0.2) is 66.2 Å². The maximum atomic E-state index is 12.6. The highest BCUT2D eigenvalue weighted by Gasteiger charge is 2.13. The molecule has 0 heterocycles. The maximum absolute atomic E-state index is 12.6. The van der Waals surface area contributed by atoms with Gasteiger partial charge in [-0.3, -0.25) is 4.79 Å². The Balaban J connectivity index is 1.74. The Labute approximate surface area is 214 Å². The number of aryl methyl sites for hydroxylation is 1. The van der Waals surface area contributed by atoms with Gasteiger partial charge in [0.1, 0.15) is 29.7 Å². The third-order valence-electron chi connectivity index (χ3n) is 4.55. The number of nitrogens with zero attached hydrogens (tertiary/aromatic N) is 1. The summed E-state index contributed by atoms with van der Waals surface area (Å²) in [4.78, 5) is 12.6. The summed E-state index contributed by atoms with van der Waals surface area (Å²) in [5.41, 5.74) is 3.65. The van der Waals surface area contributed by atoms with Crippen LogP contribution >= 0.6 is 45.2 Å². The van der Waals surface area contributed by atoms with E-state index in [-0.39, 0.29) is 5.57 Å². The molecule has 0 atom stereocenters. The molecule has 0 radical (unpaired) electrons. The number of nitriles is 1.